The Balaban J connectivity index is 1.83. The molecule has 180 valence electrons. The van der Waals surface area contributed by atoms with Gasteiger partial charge in [0.2, 0.25) is 0 Å². The monoisotopic (exact) mass is 518 g/mol. The van der Waals surface area contributed by atoms with E-state index in [9.17, 15) is 19.2 Å². The number of rotatable bonds is 6. The van der Waals surface area contributed by atoms with Gasteiger partial charge >= 0.3 is 0 Å². The van der Waals surface area contributed by atoms with E-state index in [-0.39, 0.29) is 49.8 Å². The third-order valence-electron chi connectivity index (χ3n) is 5.75. The standard InChI is InChI=1S/C28H20Cl2N2O4/c1-3-8-16(15(2)29)27(35)31-21-13-14-22(32-28(36)19-11-6-7-12-20(19)30)24-23(21)25(33)17-9-4-5-10-18(17)26(24)34/h3-6,8-11,13-14H,1-2,7,12H2,(H,31,35)(H,32,36)/b16-8+. The lowest BCUT2D eigenvalue weighted by Gasteiger charge is -2.23. The molecule has 0 saturated heterocycles. The number of fused-ring (bicyclic) bond motifs is 2. The van der Waals surface area contributed by atoms with Crippen molar-refractivity contribution < 1.29 is 19.2 Å². The third-order valence-corrected chi connectivity index (χ3v) is 6.34. The van der Waals surface area contributed by atoms with Gasteiger partial charge in [-0.3, -0.25) is 19.2 Å². The molecule has 0 aromatic heterocycles. The molecule has 2 aliphatic carbocycles. The highest BCUT2D eigenvalue weighted by molar-refractivity contribution is 6.37. The number of hydrogen-bond donors (Lipinski definition) is 2. The Morgan fingerprint density at radius 3 is 2.06 bits per heavy atom. The first-order chi connectivity index (χ1) is 17.2. The smallest absolute Gasteiger partial charge is 0.257 e. The lowest BCUT2D eigenvalue weighted by molar-refractivity contribution is -0.113. The van der Waals surface area contributed by atoms with E-state index in [1.54, 1.807) is 24.3 Å². The quantitative estimate of drug-likeness (QED) is 0.307. The van der Waals surface area contributed by atoms with Crippen molar-refractivity contribution in [1.82, 2.24) is 0 Å². The number of nitrogens with one attached hydrogen (secondary N) is 2. The second-order valence-corrected chi connectivity index (χ2v) is 8.92. The summed E-state index contributed by atoms with van der Waals surface area (Å²) in [7, 11) is 0. The van der Waals surface area contributed by atoms with Crippen LogP contribution >= 0.6 is 23.2 Å². The lowest BCUT2D eigenvalue weighted by atomic mass is 9.82. The summed E-state index contributed by atoms with van der Waals surface area (Å²) in [5, 5.41) is 5.74. The molecule has 0 radical (unpaired) electrons. The number of carbonyl (C=O) groups excluding carboxylic acids is 4. The van der Waals surface area contributed by atoms with Crippen LogP contribution in [0.5, 0.6) is 0 Å². The minimum Gasteiger partial charge on any atom is -0.321 e. The molecule has 0 atom stereocenters. The van der Waals surface area contributed by atoms with Crippen molar-refractivity contribution in [3.8, 4) is 0 Å². The summed E-state index contributed by atoms with van der Waals surface area (Å²) in [6.07, 6.45) is 7.46. The Hall–Kier alpha value is -4.00. The predicted octanol–water partition coefficient (Wildman–Crippen LogP) is 6.05. The molecule has 6 nitrogen and oxygen atoms in total. The Labute approximate surface area is 217 Å². The van der Waals surface area contributed by atoms with E-state index in [1.807, 2.05) is 6.08 Å². The summed E-state index contributed by atoms with van der Waals surface area (Å²) in [6.45, 7) is 7.14. The highest BCUT2D eigenvalue weighted by Crippen LogP contribution is 2.37. The van der Waals surface area contributed by atoms with Gasteiger partial charge in [0.1, 0.15) is 0 Å². The molecule has 2 aromatic carbocycles. The zero-order chi connectivity index (χ0) is 26.0. The molecule has 0 fully saturated rings. The third kappa shape index (κ3) is 4.61. The van der Waals surface area contributed by atoms with Crippen molar-refractivity contribution in [2.24, 2.45) is 0 Å². The van der Waals surface area contributed by atoms with E-state index in [4.69, 9.17) is 23.2 Å². The summed E-state index contributed by atoms with van der Waals surface area (Å²) >= 11 is 12.2. The summed E-state index contributed by atoms with van der Waals surface area (Å²) in [4.78, 5) is 53.0. The van der Waals surface area contributed by atoms with Gasteiger partial charge < -0.3 is 10.6 Å². The van der Waals surface area contributed by atoms with E-state index in [2.05, 4.69) is 23.8 Å². The first kappa shape index (κ1) is 25.1. The highest BCUT2D eigenvalue weighted by Gasteiger charge is 2.35. The topological polar surface area (TPSA) is 92.3 Å². The van der Waals surface area contributed by atoms with E-state index in [0.717, 1.165) is 6.42 Å². The van der Waals surface area contributed by atoms with Gasteiger partial charge in [0, 0.05) is 21.2 Å². The van der Waals surface area contributed by atoms with Crippen molar-refractivity contribution in [3.63, 3.8) is 0 Å². The SMILES string of the molecule is C=C/C=C(\C(=C)Cl)C(=O)Nc1ccc(NC(=O)C2=C(Cl)CCC=C2)c2c1C(=O)c1ccccc1C2=O. The Morgan fingerprint density at radius 1 is 0.944 bits per heavy atom. The zero-order valence-corrected chi connectivity index (χ0v) is 20.5. The molecule has 2 aliphatic rings. The maximum Gasteiger partial charge on any atom is 0.257 e. The summed E-state index contributed by atoms with van der Waals surface area (Å²) in [6, 6.07) is 9.27. The fourth-order valence-corrected chi connectivity index (χ4v) is 4.46. The van der Waals surface area contributed by atoms with Crippen molar-refractivity contribution in [2.75, 3.05) is 10.6 Å². The molecule has 0 saturated carbocycles. The van der Waals surface area contributed by atoms with E-state index in [1.165, 1.54) is 30.4 Å². The van der Waals surface area contributed by atoms with Gasteiger partial charge in [0.15, 0.2) is 11.6 Å². The van der Waals surface area contributed by atoms with Gasteiger partial charge in [-0.25, -0.2) is 0 Å². The molecular weight excluding hydrogens is 499 g/mol. The van der Waals surface area contributed by atoms with Crippen molar-refractivity contribution in [2.45, 2.75) is 12.8 Å². The van der Waals surface area contributed by atoms with Crippen LogP contribution in [0, 0.1) is 0 Å². The molecule has 4 rings (SSSR count). The van der Waals surface area contributed by atoms with E-state index < -0.39 is 23.4 Å². The van der Waals surface area contributed by atoms with Crippen molar-refractivity contribution in [1.29, 1.82) is 0 Å². The number of hydrogen-bond acceptors (Lipinski definition) is 4. The van der Waals surface area contributed by atoms with Crippen LogP contribution in [0.2, 0.25) is 0 Å². The number of halogens is 2. The fourth-order valence-electron chi connectivity index (χ4n) is 4.05. The summed E-state index contributed by atoms with van der Waals surface area (Å²) in [5.74, 6) is -2.09. The molecule has 0 aliphatic heterocycles. The maximum atomic E-state index is 13.6. The summed E-state index contributed by atoms with van der Waals surface area (Å²) < 4.78 is 0. The highest BCUT2D eigenvalue weighted by atomic mass is 35.5. The van der Waals surface area contributed by atoms with E-state index in [0.29, 0.717) is 11.5 Å². The molecule has 8 heteroatoms. The van der Waals surface area contributed by atoms with Crippen molar-refractivity contribution >= 4 is 58.0 Å². The lowest BCUT2D eigenvalue weighted by Crippen LogP contribution is -2.27. The normalized spacial score (nSPS) is 14.7. The van der Waals surface area contributed by atoms with Crippen LogP contribution in [0.3, 0.4) is 0 Å². The summed E-state index contributed by atoms with van der Waals surface area (Å²) in [5.41, 5.74) is 0.859. The molecule has 0 unspecified atom stereocenters. The fraction of sp³-hybridized carbons (Fsp3) is 0.0714. The minimum absolute atomic E-state index is 0.0245. The van der Waals surface area contributed by atoms with Crippen molar-refractivity contribution in [3.05, 3.63) is 117 Å². The first-order valence-electron chi connectivity index (χ1n) is 11.0. The molecule has 0 heterocycles. The molecule has 0 spiro atoms. The second-order valence-electron chi connectivity index (χ2n) is 8.00. The Morgan fingerprint density at radius 2 is 1.53 bits per heavy atom. The van der Waals surface area contributed by atoms with Gasteiger partial charge in [-0.05, 0) is 31.1 Å². The van der Waals surface area contributed by atoms with Crippen LogP contribution < -0.4 is 10.6 Å². The number of amides is 2. The molecule has 36 heavy (non-hydrogen) atoms. The van der Waals surface area contributed by atoms with Gasteiger partial charge in [0.25, 0.3) is 11.8 Å². The Bertz CT molecular complexity index is 1460. The van der Waals surface area contributed by atoms with Crippen LogP contribution in [-0.2, 0) is 9.59 Å². The van der Waals surface area contributed by atoms with Gasteiger partial charge in [-0.15, -0.1) is 0 Å². The van der Waals surface area contributed by atoms with Crippen LogP contribution in [0.4, 0.5) is 11.4 Å². The van der Waals surface area contributed by atoms with Gasteiger partial charge in [-0.1, -0.05) is 78.9 Å². The number of benzene rings is 2. The number of anilines is 2. The molecule has 2 amide bonds. The number of allylic oxidation sites excluding steroid dienone is 4. The first-order valence-corrected chi connectivity index (χ1v) is 11.7. The van der Waals surface area contributed by atoms with Gasteiger partial charge in [-0.2, -0.15) is 0 Å². The average molecular weight is 519 g/mol. The predicted molar refractivity (Wildman–Crippen MR) is 142 cm³/mol. The van der Waals surface area contributed by atoms with Crippen LogP contribution in [0.25, 0.3) is 0 Å². The minimum atomic E-state index is -0.641. The Kier molecular flexibility index (Phi) is 7.20. The maximum absolute atomic E-state index is 13.6. The molecule has 2 aromatic rings. The largest absolute Gasteiger partial charge is 0.321 e. The van der Waals surface area contributed by atoms with E-state index >= 15 is 0 Å². The molecule has 0 bridgehead atoms. The average Bonchev–Trinajstić information content (AvgIpc) is 2.86. The van der Waals surface area contributed by atoms with Gasteiger partial charge in [0.05, 0.1) is 33.6 Å². The molecular formula is C28H20Cl2N2O4. The second kappa shape index (κ2) is 10.3. The van der Waals surface area contributed by atoms with Crippen LogP contribution in [-0.4, -0.2) is 23.4 Å². The van der Waals surface area contributed by atoms with Crippen LogP contribution in [0.1, 0.15) is 44.7 Å². The molecule has 2 N–H and O–H groups in total. The zero-order valence-electron chi connectivity index (χ0n) is 19.0. The number of carbonyl (C=O) groups is 4. The number of ketones is 2. The van der Waals surface area contributed by atoms with Crippen LogP contribution in [0.15, 0.2) is 95.1 Å².